The molecular formula is C27H27F3N4O. The average molecular weight is 481 g/mol. The second kappa shape index (κ2) is 7.86. The third-order valence-corrected chi connectivity index (χ3v) is 7.36. The normalized spacial score (nSPS) is 25.5. The Morgan fingerprint density at radius 3 is 2.63 bits per heavy atom. The number of carbonyl (C=O) groups excluding carboxylic acids is 1. The van der Waals surface area contributed by atoms with E-state index in [1.54, 1.807) is 12.4 Å². The van der Waals surface area contributed by atoms with Crippen molar-refractivity contribution in [2.45, 2.75) is 64.7 Å². The van der Waals surface area contributed by atoms with E-state index < -0.39 is 23.5 Å². The fourth-order valence-electron chi connectivity index (χ4n) is 5.96. The molecular weight excluding hydrogens is 453 g/mol. The van der Waals surface area contributed by atoms with Gasteiger partial charge >= 0.3 is 6.18 Å². The number of aromatic nitrogens is 1. The fraction of sp³-hybridized carbons (Fsp3) is 0.407. The Balaban J connectivity index is 1.83. The molecule has 0 saturated heterocycles. The number of azo groups is 1. The summed E-state index contributed by atoms with van der Waals surface area (Å²) < 4.78 is 42.7. The monoisotopic (exact) mass is 480 g/mol. The standard InChI is InChI=1S/C27H27F3N4O/c1-5-26(17-8-6-7-16(11-17)18-9-10-31-14-15(18)2)21-19(12-25(3,4)13-20(21)35)32-24-22(26)23(33-34-24)27(28,29)30/h6-11,14,24,32H,5,12-13H2,1-4H3/t24?,26-/m1/s1. The summed E-state index contributed by atoms with van der Waals surface area (Å²) in [5, 5.41) is 10.8. The Kier molecular flexibility index (Phi) is 5.27. The first kappa shape index (κ1) is 23.5. The number of halogens is 3. The largest absolute Gasteiger partial charge is 0.435 e. The molecule has 0 fully saturated rings. The van der Waals surface area contributed by atoms with Crippen LogP contribution in [-0.4, -0.2) is 23.1 Å². The topological polar surface area (TPSA) is 66.7 Å². The van der Waals surface area contributed by atoms with Crippen LogP contribution in [0.15, 0.2) is 75.5 Å². The lowest BCUT2D eigenvalue weighted by atomic mass is 9.58. The summed E-state index contributed by atoms with van der Waals surface area (Å²) in [4.78, 5) is 17.8. The van der Waals surface area contributed by atoms with Crippen molar-refractivity contribution in [1.29, 1.82) is 0 Å². The Bertz CT molecular complexity index is 1320. The molecule has 5 rings (SSSR count). The van der Waals surface area contributed by atoms with Crippen LogP contribution in [0.25, 0.3) is 11.1 Å². The highest BCUT2D eigenvalue weighted by Crippen LogP contribution is 2.56. The number of benzene rings is 1. The number of nitrogens with zero attached hydrogens (tertiary/aromatic N) is 3. The number of hydrogen-bond acceptors (Lipinski definition) is 5. The molecule has 0 radical (unpaired) electrons. The molecule has 2 aliphatic heterocycles. The van der Waals surface area contributed by atoms with E-state index in [0.29, 0.717) is 23.3 Å². The average Bonchev–Trinajstić information content (AvgIpc) is 3.22. The van der Waals surface area contributed by atoms with Gasteiger partial charge in [-0.15, -0.1) is 5.11 Å². The number of hydrogen-bond donors (Lipinski definition) is 1. The minimum absolute atomic E-state index is 0.0166. The highest BCUT2D eigenvalue weighted by atomic mass is 19.4. The van der Waals surface area contributed by atoms with Crippen LogP contribution in [0.1, 0.15) is 51.2 Å². The Hall–Kier alpha value is -3.29. The lowest BCUT2D eigenvalue weighted by molar-refractivity contribution is -0.119. The first-order valence-electron chi connectivity index (χ1n) is 11.8. The summed E-state index contributed by atoms with van der Waals surface area (Å²) in [6.07, 6.45) is -1.11. The van der Waals surface area contributed by atoms with E-state index in [1.807, 2.05) is 58.0 Å². The third-order valence-electron chi connectivity index (χ3n) is 7.36. The molecule has 0 amide bonds. The molecule has 182 valence electrons. The highest BCUT2D eigenvalue weighted by Gasteiger charge is 2.57. The van der Waals surface area contributed by atoms with Gasteiger partial charge in [-0.1, -0.05) is 39.0 Å². The van der Waals surface area contributed by atoms with E-state index in [9.17, 15) is 18.0 Å². The third kappa shape index (κ3) is 3.61. The summed E-state index contributed by atoms with van der Waals surface area (Å²) in [5.74, 6) is -0.129. The number of ketones is 1. The van der Waals surface area contributed by atoms with Crippen molar-refractivity contribution in [3.63, 3.8) is 0 Å². The van der Waals surface area contributed by atoms with Gasteiger partial charge in [0.05, 0.1) is 5.41 Å². The van der Waals surface area contributed by atoms with Gasteiger partial charge in [0.2, 0.25) is 0 Å². The summed E-state index contributed by atoms with van der Waals surface area (Å²) in [6.45, 7) is 7.78. The first-order chi connectivity index (χ1) is 16.5. The van der Waals surface area contributed by atoms with Gasteiger partial charge in [0.25, 0.3) is 0 Å². The van der Waals surface area contributed by atoms with Crippen molar-refractivity contribution in [3.05, 3.63) is 76.4 Å². The van der Waals surface area contributed by atoms with E-state index in [-0.39, 0.29) is 29.6 Å². The smallest absolute Gasteiger partial charge is 0.362 e. The predicted octanol–water partition coefficient (Wildman–Crippen LogP) is 6.56. The van der Waals surface area contributed by atoms with Gasteiger partial charge in [-0.25, -0.2) is 0 Å². The maximum Gasteiger partial charge on any atom is 0.435 e. The zero-order valence-corrected chi connectivity index (χ0v) is 20.1. The van der Waals surface area contributed by atoms with E-state index >= 15 is 0 Å². The minimum atomic E-state index is -4.69. The molecule has 0 bridgehead atoms. The zero-order valence-electron chi connectivity index (χ0n) is 20.1. The van der Waals surface area contributed by atoms with Crippen molar-refractivity contribution < 1.29 is 18.0 Å². The zero-order chi connectivity index (χ0) is 25.2. The molecule has 0 spiro atoms. The molecule has 1 aromatic carbocycles. The maximum atomic E-state index is 14.2. The summed E-state index contributed by atoms with van der Waals surface area (Å²) in [7, 11) is 0. The number of aryl methyl sites for hydroxylation is 1. The van der Waals surface area contributed by atoms with Crippen LogP contribution in [0, 0.1) is 12.3 Å². The molecule has 2 atom stereocenters. The molecule has 35 heavy (non-hydrogen) atoms. The quantitative estimate of drug-likeness (QED) is 0.541. The van der Waals surface area contributed by atoms with Crippen LogP contribution in [0.3, 0.4) is 0 Å². The molecule has 0 saturated carbocycles. The first-order valence-corrected chi connectivity index (χ1v) is 11.8. The van der Waals surface area contributed by atoms with E-state index in [2.05, 4.69) is 20.5 Å². The predicted molar refractivity (Wildman–Crippen MR) is 126 cm³/mol. The maximum absolute atomic E-state index is 14.2. The van der Waals surface area contributed by atoms with Crippen LogP contribution in [-0.2, 0) is 10.2 Å². The lowest BCUT2D eigenvalue weighted by Crippen LogP contribution is -2.52. The van der Waals surface area contributed by atoms with Crippen molar-refractivity contribution in [2.24, 2.45) is 15.6 Å². The number of Topliss-reactive ketones (excluding diaryl/α,β-unsaturated/α-hetero) is 1. The summed E-state index contributed by atoms with van der Waals surface area (Å²) >= 11 is 0. The highest BCUT2D eigenvalue weighted by molar-refractivity contribution is 6.01. The SMILES string of the molecule is CC[C@@]1(c2cccc(-c3ccncc3C)c2)C2=C(CC(C)(C)CC2=O)NC2N=NC(C(F)(F)F)=C21. The summed E-state index contributed by atoms with van der Waals surface area (Å²) in [6, 6.07) is 9.39. The molecule has 1 aromatic heterocycles. The van der Waals surface area contributed by atoms with E-state index in [4.69, 9.17) is 0 Å². The van der Waals surface area contributed by atoms with Crippen molar-refractivity contribution in [2.75, 3.05) is 0 Å². The second-order valence-electron chi connectivity index (χ2n) is 10.3. The molecule has 3 heterocycles. The van der Waals surface area contributed by atoms with Crippen molar-refractivity contribution in [1.82, 2.24) is 10.3 Å². The van der Waals surface area contributed by atoms with Gasteiger partial charge < -0.3 is 5.32 Å². The number of nitrogens with one attached hydrogen (secondary N) is 1. The minimum Gasteiger partial charge on any atom is -0.362 e. The number of alkyl halides is 3. The number of allylic oxidation sites excluding steroid dienone is 3. The number of pyridine rings is 1. The fourth-order valence-corrected chi connectivity index (χ4v) is 5.96. The van der Waals surface area contributed by atoms with Gasteiger partial charge in [-0.3, -0.25) is 9.78 Å². The van der Waals surface area contributed by atoms with Crippen LogP contribution in [0.5, 0.6) is 0 Å². The van der Waals surface area contributed by atoms with Gasteiger partial charge in [0, 0.05) is 35.7 Å². The Morgan fingerprint density at radius 1 is 1.17 bits per heavy atom. The van der Waals surface area contributed by atoms with Gasteiger partial charge in [0.15, 0.2) is 17.6 Å². The molecule has 3 aliphatic rings. The molecule has 8 heteroatoms. The van der Waals surface area contributed by atoms with Crippen molar-refractivity contribution >= 4 is 5.78 Å². The lowest BCUT2D eigenvalue weighted by Gasteiger charge is -2.48. The molecule has 1 N–H and O–H groups in total. The second-order valence-corrected chi connectivity index (χ2v) is 10.3. The number of carbonyl (C=O) groups is 1. The van der Waals surface area contributed by atoms with Gasteiger partial charge in [-0.2, -0.15) is 18.3 Å². The number of rotatable bonds is 3. The van der Waals surface area contributed by atoms with E-state index in [0.717, 1.165) is 16.7 Å². The Labute approximate surface area is 202 Å². The van der Waals surface area contributed by atoms with Crippen LogP contribution in [0.4, 0.5) is 13.2 Å². The van der Waals surface area contributed by atoms with Crippen molar-refractivity contribution in [3.8, 4) is 11.1 Å². The summed E-state index contributed by atoms with van der Waals surface area (Å²) in [5.41, 5.74) is 1.91. The van der Waals surface area contributed by atoms with Gasteiger partial charge in [0.1, 0.15) is 0 Å². The van der Waals surface area contributed by atoms with Crippen LogP contribution in [0.2, 0.25) is 0 Å². The Morgan fingerprint density at radius 2 is 1.94 bits per heavy atom. The molecule has 1 unspecified atom stereocenters. The van der Waals surface area contributed by atoms with Gasteiger partial charge in [-0.05, 0) is 59.6 Å². The van der Waals surface area contributed by atoms with Crippen LogP contribution >= 0.6 is 0 Å². The van der Waals surface area contributed by atoms with E-state index in [1.165, 1.54) is 0 Å². The molecule has 2 aromatic rings. The van der Waals surface area contributed by atoms with Crippen LogP contribution < -0.4 is 5.32 Å². The molecule has 5 nitrogen and oxygen atoms in total. The number of fused-ring (bicyclic) bond motifs is 1. The molecule has 1 aliphatic carbocycles.